The zero-order valence-corrected chi connectivity index (χ0v) is 18.0. The molecule has 172 valence electrons. The molecule has 9 heteroatoms. The van der Waals surface area contributed by atoms with E-state index in [1.807, 2.05) is 0 Å². The number of benzene rings is 2. The van der Waals surface area contributed by atoms with E-state index >= 15 is 0 Å². The van der Waals surface area contributed by atoms with E-state index in [1.54, 1.807) is 38.1 Å². The molecule has 0 radical (unpaired) electrons. The maximum absolute atomic E-state index is 12.9. The lowest BCUT2D eigenvalue weighted by atomic mass is 10.0. The van der Waals surface area contributed by atoms with Crippen LogP contribution in [-0.4, -0.2) is 51.2 Å². The molecule has 0 spiro atoms. The summed E-state index contributed by atoms with van der Waals surface area (Å²) in [6.45, 7) is 3.33. The molecule has 2 amide bonds. The minimum atomic E-state index is -1.17. The Labute approximate surface area is 186 Å². The van der Waals surface area contributed by atoms with Crippen molar-refractivity contribution in [2.75, 3.05) is 0 Å². The topological polar surface area (TPSA) is 162 Å². The predicted molar refractivity (Wildman–Crippen MR) is 118 cm³/mol. The highest BCUT2D eigenvalue weighted by atomic mass is 16.4. The molecule has 7 N–H and O–H groups in total. The minimum absolute atomic E-state index is 0.0560. The first kappa shape index (κ1) is 24.7. The number of rotatable bonds is 10. The van der Waals surface area contributed by atoms with Gasteiger partial charge in [0.2, 0.25) is 11.8 Å². The number of carboxylic acid groups (broad SMARTS) is 1. The lowest BCUT2D eigenvalue weighted by Gasteiger charge is -2.24. The highest BCUT2D eigenvalue weighted by Gasteiger charge is 2.29. The summed E-state index contributed by atoms with van der Waals surface area (Å²) in [6, 6.07) is 9.23. The first-order valence-corrected chi connectivity index (χ1v) is 10.2. The van der Waals surface area contributed by atoms with Crippen molar-refractivity contribution >= 4 is 17.8 Å². The molecule has 9 nitrogen and oxygen atoms in total. The molecular weight excluding hydrogens is 414 g/mol. The van der Waals surface area contributed by atoms with Gasteiger partial charge in [0.15, 0.2) is 0 Å². The van der Waals surface area contributed by atoms with Crippen molar-refractivity contribution in [3.63, 3.8) is 0 Å². The zero-order valence-electron chi connectivity index (χ0n) is 18.0. The van der Waals surface area contributed by atoms with Gasteiger partial charge in [0, 0.05) is 6.42 Å². The van der Waals surface area contributed by atoms with Gasteiger partial charge in [0.25, 0.3) is 0 Å². The number of nitrogens with two attached hydrogens (primary N) is 1. The molecule has 0 heterocycles. The number of carbonyl (C=O) groups is 3. The summed E-state index contributed by atoms with van der Waals surface area (Å²) in [5, 5.41) is 33.3. The van der Waals surface area contributed by atoms with Gasteiger partial charge < -0.3 is 31.7 Å². The fourth-order valence-corrected chi connectivity index (χ4v) is 3.10. The van der Waals surface area contributed by atoms with Gasteiger partial charge in [0.05, 0.1) is 6.04 Å². The first-order chi connectivity index (χ1) is 15.1. The van der Waals surface area contributed by atoms with Gasteiger partial charge in [-0.15, -0.1) is 0 Å². The highest BCUT2D eigenvalue weighted by molar-refractivity contribution is 5.92. The van der Waals surface area contributed by atoms with Gasteiger partial charge in [-0.2, -0.15) is 0 Å². The molecule has 2 aromatic carbocycles. The lowest BCUT2D eigenvalue weighted by Crippen LogP contribution is -2.56. The quantitative estimate of drug-likeness (QED) is 0.318. The molecule has 0 unspecified atom stereocenters. The van der Waals surface area contributed by atoms with E-state index in [9.17, 15) is 29.7 Å². The van der Waals surface area contributed by atoms with Crippen LogP contribution in [0, 0.1) is 5.92 Å². The number of carboxylic acids is 1. The van der Waals surface area contributed by atoms with Gasteiger partial charge in [-0.25, -0.2) is 4.79 Å². The maximum atomic E-state index is 12.9. The van der Waals surface area contributed by atoms with Gasteiger partial charge in [0.1, 0.15) is 23.6 Å². The molecule has 0 saturated heterocycles. The third-order valence-electron chi connectivity index (χ3n) is 4.97. The normalized spacial score (nSPS) is 13.8. The van der Waals surface area contributed by atoms with Crippen LogP contribution in [0.4, 0.5) is 0 Å². The Bertz CT molecular complexity index is 928. The van der Waals surface area contributed by atoms with Crippen LogP contribution in [0.1, 0.15) is 25.0 Å². The van der Waals surface area contributed by atoms with Crippen LogP contribution in [-0.2, 0) is 27.2 Å². The fraction of sp³-hybridized carbons (Fsp3) is 0.348. The number of phenols is 2. The average Bonchev–Trinajstić information content (AvgIpc) is 2.73. The number of aliphatic carboxylic acids is 1. The Balaban J connectivity index is 2.15. The fourth-order valence-electron chi connectivity index (χ4n) is 3.10. The van der Waals surface area contributed by atoms with Crippen LogP contribution in [0.2, 0.25) is 0 Å². The molecule has 0 aliphatic carbocycles. The van der Waals surface area contributed by atoms with Crippen molar-refractivity contribution in [3.8, 4) is 11.5 Å². The SMILES string of the molecule is CC(C)[C@H](NC(=O)[C@H](Cc1ccc(O)cc1)NC(=O)[C@@H](N)Cc1ccc(O)cc1)C(=O)O. The van der Waals surface area contributed by atoms with Crippen molar-refractivity contribution in [1.82, 2.24) is 10.6 Å². The zero-order chi connectivity index (χ0) is 23.8. The summed E-state index contributed by atoms with van der Waals surface area (Å²) in [5.41, 5.74) is 7.40. The maximum Gasteiger partial charge on any atom is 0.326 e. The molecule has 0 saturated carbocycles. The molecule has 32 heavy (non-hydrogen) atoms. The molecule has 3 atom stereocenters. The molecule has 0 aliphatic rings. The Morgan fingerprint density at radius 3 is 1.72 bits per heavy atom. The Morgan fingerprint density at radius 1 is 0.812 bits per heavy atom. The Hall–Kier alpha value is -3.59. The van der Waals surface area contributed by atoms with E-state index in [0.29, 0.717) is 5.56 Å². The number of hydrogen-bond donors (Lipinski definition) is 6. The number of amides is 2. The summed E-state index contributed by atoms with van der Waals surface area (Å²) >= 11 is 0. The van der Waals surface area contributed by atoms with Crippen molar-refractivity contribution in [3.05, 3.63) is 59.7 Å². The van der Waals surface area contributed by atoms with Crippen molar-refractivity contribution in [1.29, 1.82) is 0 Å². The molecule has 0 aromatic heterocycles. The van der Waals surface area contributed by atoms with Crippen LogP contribution in [0.5, 0.6) is 11.5 Å². The van der Waals surface area contributed by atoms with Crippen LogP contribution in [0.15, 0.2) is 48.5 Å². The standard InChI is InChI=1S/C23H29N3O6/c1-13(2)20(23(31)32)26-22(30)19(12-15-5-9-17(28)10-6-15)25-21(29)18(24)11-14-3-7-16(27)8-4-14/h3-10,13,18-20,27-28H,11-12,24H2,1-2H3,(H,25,29)(H,26,30)(H,31,32)/t18-,19-,20-/m0/s1. The van der Waals surface area contributed by atoms with E-state index in [0.717, 1.165) is 5.56 Å². The lowest BCUT2D eigenvalue weighted by molar-refractivity contribution is -0.143. The molecule has 0 aliphatic heterocycles. The molecule has 2 rings (SSSR count). The molecule has 0 bridgehead atoms. The van der Waals surface area contributed by atoms with E-state index < -0.39 is 35.9 Å². The summed E-state index contributed by atoms with van der Waals surface area (Å²) in [5.74, 6) is -2.61. The van der Waals surface area contributed by atoms with Crippen LogP contribution >= 0.6 is 0 Å². The number of hydrogen-bond acceptors (Lipinski definition) is 6. The summed E-state index contributed by atoms with van der Waals surface area (Å²) in [4.78, 5) is 37.1. The number of nitrogens with one attached hydrogen (secondary N) is 2. The molecule has 2 aromatic rings. The first-order valence-electron chi connectivity index (χ1n) is 10.2. The van der Waals surface area contributed by atoms with Crippen molar-refractivity contribution < 1.29 is 29.7 Å². The predicted octanol–water partition coefficient (Wildman–Crippen LogP) is 0.921. The number of aromatic hydroxyl groups is 2. The second-order valence-corrected chi connectivity index (χ2v) is 7.98. The second kappa shape index (κ2) is 11.1. The van der Waals surface area contributed by atoms with E-state index in [4.69, 9.17) is 5.73 Å². The monoisotopic (exact) mass is 443 g/mol. The van der Waals surface area contributed by atoms with Crippen LogP contribution in [0.25, 0.3) is 0 Å². The average molecular weight is 444 g/mol. The van der Waals surface area contributed by atoms with Gasteiger partial charge in [-0.05, 0) is 47.7 Å². The Morgan fingerprint density at radius 2 is 1.28 bits per heavy atom. The largest absolute Gasteiger partial charge is 0.508 e. The summed E-state index contributed by atoms with van der Waals surface area (Å²) in [6.07, 6.45) is 0.262. The van der Waals surface area contributed by atoms with E-state index in [-0.39, 0.29) is 30.3 Å². The van der Waals surface area contributed by atoms with Crippen LogP contribution in [0.3, 0.4) is 0 Å². The summed E-state index contributed by atoms with van der Waals surface area (Å²) in [7, 11) is 0. The molecule has 0 fully saturated rings. The van der Waals surface area contributed by atoms with Crippen molar-refractivity contribution in [2.24, 2.45) is 11.7 Å². The van der Waals surface area contributed by atoms with Crippen LogP contribution < -0.4 is 16.4 Å². The van der Waals surface area contributed by atoms with E-state index in [1.165, 1.54) is 24.3 Å². The third kappa shape index (κ3) is 7.28. The minimum Gasteiger partial charge on any atom is -0.508 e. The Kier molecular flexibility index (Phi) is 8.60. The summed E-state index contributed by atoms with van der Waals surface area (Å²) < 4.78 is 0. The van der Waals surface area contributed by atoms with Crippen molar-refractivity contribution in [2.45, 2.75) is 44.8 Å². The third-order valence-corrected chi connectivity index (χ3v) is 4.97. The van der Waals surface area contributed by atoms with Gasteiger partial charge in [-0.1, -0.05) is 38.1 Å². The van der Waals surface area contributed by atoms with E-state index in [2.05, 4.69) is 10.6 Å². The van der Waals surface area contributed by atoms with Gasteiger partial charge >= 0.3 is 5.97 Å². The van der Waals surface area contributed by atoms with Gasteiger partial charge in [-0.3, -0.25) is 9.59 Å². The molecular formula is C23H29N3O6. The number of phenolic OH excluding ortho intramolecular Hbond substituents is 2. The second-order valence-electron chi connectivity index (χ2n) is 7.98. The highest BCUT2D eigenvalue weighted by Crippen LogP contribution is 2.13. The number of carbonyl (C=O) groups excluding carboxylic acids is 2. The smallest absolute Gasteiger partial charge is 0.326 e.